The molecule has 8 nitrogen and oxygen atoms in total. The molecule has 12 aliphatic heterocycles. The number of aliphatic hydroxyl groups is 2. The number of ether oxygens (including phenoxy) is 5. The molecule has 12 fully saturated rings. The molecule has 610 valence electrons. The van der Waals surface area contributed by atoms with Gasteiger partial charge in [-0.1, -0.05) is 197 Å². The zero-order valence-corrected chi connectivity index (χ0v) is 84.3. The summed E-state index contributed by atoms with van der Waals surface area (Å²) in [5.41, 5.74) is 13.2. The second-order valence-electron chi connectivity index (χ2n) is 36.7. The molecule has 25 atom stereocenters. The number of rotatable bonds is 2. The van der Waals surface area contributed by atoms with E-state index in [4.69, 9.17) is 23.7 Å². The van der Waals surface area contributed by atoms with E-state index in [0.29, 0.717) is 119 Å². The normalized spacial score (nSPS) is 43.2. The van der Waals surface area contributed by atoms with E-state index in [9.17, 15) is 10.2 Å². The Hall–Kier alpha value is 4.41. The third kappa shape index (κ3) is 32.1. The zero-order chi connectivity index (χ0) is 78.6. The highest BCUT2D eigenvalue weighted by Gasteiger charge is 2.54. The fourth-order valence-electron chi connectivity index (χ4n) is 16.0. The summed E-state index contributed by atoms with van der Waals surface area (Å²) in [6.07, 6.45) is 22.7. The Morgan fingerprint density at radius 3 is 0.892 bits per heavy atom. The first-order chi connectivity index (χ1) is 47.0. The van der Waals surface area contributed by atoms with Crippen LogP contribution in [0.4, 0.5) is 0 Å². The number of fused-ring (bicyclic) bond motifs is 1. The molecule has 12 rings (SSSR count). The number of aliphatic hydroxyl groups excluding tert-OH is 2. The highest BCUT2D eigenvalue weighted by atomic mass is 31.1. The van der Waals surface area contributed by atoms with Crippen molar-refractivity contribution in [1.29, 1.82) is 0 Å². The van der Waals surface area contributed by atoms with Crippen LogP contribution in [0.15, 0.2) is 0 Å². The van der Waals surface area contributed by atoms with E-state index < -0.39 is 12.2 Å². The lowest BCUT2D eigenvalue weighted by atomic mass is 10.1. The Morgan fingerprint density at radius 2 is 0.657 bits per heavy atom. The predicted molar refractivity (Wildman–Crippen MR) is 491 cm³/mol. The summed E-state index contributed by atoms with van der Waals surface area (Å²) in [5, 5.41) is 20.9. The molecule has 102 heavy (non-hydrogen) atoms. The number of nitrogens with zero attached hydrogens (tertiary/aromatic N) is 1. The minimum atomic E-state index is -0.480. The molecule has 12 saturated heterocycles. The molecule has 12 heterocycles. The Morgan fingerprint density at radius 1 is 0.343 bits per heavy atom. The highest BCUT2D eigenvalue weighted by Crippen LogP contribution is 2.61. The fourth-order valence-corrected chi connectivity index (χ4v) is 37.0. The summed E-state index contributed by atoms with van der Waals surface area (Å²) >= 11 is 0. The molecule has 0 spiro atoms. The maximum absolute atomic E-state index is 9.37. The van der Waals surface area contributed by atoms with Crippen LogP contribution in [-0.4, -0.2) is 303 Å². The van der Waals surface area contributed by atoms with Gasteiger partial charge in [0.2, 0.25) is 0 Å². The first-order valence-corrected chi connectivity index (χ1v) is 62.2. The average Bonchev–Trinajstić information content (AvgIpc) is 1.61. The van der Waals surface area contributed by atoms with E-state index in [1.807, 2.05) is 27.7 Å². The molecular weight excluding hydrogens is 1460 g/mol. The molecular formula is C83H176NO7P11. The van der Waals surface area contributed by atoms with E-state index in [1.165, 1.54) is 109 Å². The topological polar surface area (TPSA) is 89.9 Å². The van der Waals surface area contributed by atoms with Crippen LogP contribution < -0.4 is 0 Å². The molecule has 12 aliphatic rings. The standard InChI is InChI=1S/C10H19O2P.C9H19O2P.C8H18NP.2C8H17P.C7H15O2P.C7H15OP.2C7H15P.2C6H13P/c1-6-8-9(7(2)13(6)5)12-10(3,4)11-8;1-6-8(10-3)9(11-4)7(2)12(6)5;1-7-5-9(3)6-8(2)10(7)4;1-8(2)6-4-5-7-9(8)3;1-7-5-4-6-8(2)9(7)3;1-4-6(8)7(9)5(2)10(4)3;1-6-4-8-5-7(2)9(6)3;1-7(2)5-4-6-8(7)3;1-6-4-5-7(2)8(6)3;1-6(2)4-5-7(6)3;1-5-4-6(2)7(5)3/h6-9H,1-5H3;6-9H,1-5H3;7-8H,5-6H2,1-4H3;4-7H2,1-3H3;7-8H,4-6H2,1-3H3;4-9H,1-3H3;6-7H,4-5H2,1-3H3;4-6H2,1-3H3;6-7H,4-5H2,1-3H3;4-5H2,1-3H3;5-6H,4H2,1-3H3/t2*6-,7-,8+,9+;7-,8-;;7-,8-;4-,5-,6+,7+;6-,7-;;6-,7-;;5-,6-/m000.000.0.0/s1. The molecule has 0 radical (unpaired) electrons. The number of methoxy groups -OCH3 is 2. The van der Waals surface area contributed by atoms with Gasteiger partial charge in [0.25, 0.3) is 0 Å². The number of hydrogen-bond donors (Lipinski definition) is 2. The largest absolute Gasteiger partial charge is 0.390 e. The second kappa shape index (κ2) is 48.2. The van der Waals surface area contributed by atoms with Crippen LogP contribution in [0.1, 0.15) is 243 Å². The molecule has 0 amide bonds. The minimum absolute atomic E-state index is 0.0723. The van der Waals surface area contributed by atoms with Gasteiger partial charge in [-0.2, -0.15) is 0 Å². The van der Waals surface area contributed by atoms with Crippen LogP contribution in [0, 0.1) is 0 Å². The molecule has 0 aliphatic carbocycles. The molecule has 2 N–H and O–H groups in total. The lowest BCUT2D eigenvalue weighted by Crippen LogP contribution is -2.38. The van der Waals surface area contributed by atoms with Gasteiger partial charge < -0.3 is 38.8 Å². The quantitative estimate of drug-likeness (QED) is 0.264. The number of hydrogen-bond acceptors (Lipinski definition) is 8. The van der Waals surface area contributed by atoms with Gasteiger partial charge in [0.1, 0.15) is 0 Å². The van der Waals surface area contributed by atoms with Crippen molar-refractivity contribution in [3.63, 3.8) is 0 Å². The lowest BCUT2D eigenvalue weighted by Gasteiger charge is -2.42. The monoisotopic (exact) mass is 1640 g/mol. The van der Waals surface area contributed by atoms with Crippen LogP contribution >= 0.6 is 87.1 Å². The Balaban J connectivity index is 0.000000383. The molecule has 0 aromatic carbocycles. The molecule has 0 aromatic rings. The van der Waals surface area contributed by atoms with E-state index in [-0.39, 0.29) is 37.5 Å². The van der Waals surface area contributed by atoms with Crippen LogP contribution in [0.3, 0.4) is 0 Å². The average molecular weight is 1640 g/mol. The van der Waals surface area contributed by atoms with Crippen molar-refractivity contribution in [2.45, 2.75) is 392 Å². The van der Waals surface area contributed by atoms with Gasteiger partial charge in [-0.25, -0.2) is 0 Å². The van der Waals surface area contributed by atoms with Crippen molar-refractivity contribution < 1.29 is 33.9 Å². The second-order valence-corrected chi connectivity index (χ2v) is 70.2. The van der Waals surface area contributed by atoms with Crippen LogP contribution in [0.5, 0.6) is 0 Å². The molecule has 19 heteroatoms. The van der Waals surface area contributed by atoms with E-state index in [0.717, 1.165) is 80.1 Å². The summed E-state index contributed by atoms with van der Waals surface area (Å²) in [5.74, 6) is -0.353. The van der Waals surface area contributed by atoms with Gasteiger partial charge >= 0.3 is 0 Å². The van der Waals surface area contributed by atoms with E-state index in [2.05, 4.69) is 224 Å². The smallest absolute Gasteiger partial charge is 0.163 e. The Kier molecular flexibility index (Phi) is 48.4. The van der Waals surface area contributed by atoms with Gasteiger partial charge in [0.15, 0.2) is 5.79 Å². The van der Waals surface area contributed by atoms with Crippen molar-refractivity contribution in [1.82, 2.24) is 4.90 Å². The van der Waals surface area contributed by atoms with Crippen LogP contribution in [0.25, 0.3) is 0 Å². The predicted octanol–water partition coefficient (Wildman–Crippen LogP) is 24.7. The third-order valence-electron chi connectivity index (χ3n) is 27.9. The summed E-state index contributed by atoms with van der Waals surface area (Å²) < 4.78 is 28.1. The Bertz CT molecular complexity index is 2090. The first-order valence-electron chi connectivity index (χ1n) is 40.9. The maximum atomic E-state index is 9.37. The van der Waals surface area contributed by atoms with E-state index in [1.54, 1.807) is 14.2 Å². The summed E-state index contributed by atoms with van der Waals surface area (Å²) in [7, 11) is 8.83. The van der Waals surface area contributed by atoms with Crippen molar-refractivity contribution in [2.24, 2.45) is 0 Å². The molecule has 0 aromatic heterocycles. The van der Waals surface area contributed by atoms with Crippen molar-refractivity contribution in [3.05, 3.63) is 0 Å². The minimum Gasteiger partial charge on any atom is -0.390 e. The zero-order valence-electron chi connectivity index (χ0n) is 74.4. The first kappa shape index (κ1) is 102. The van der Waals surface area contributed by atoms with Gasteiger partial charge in [0.05, 0.1) is 49.8 Å². The van der Waals surface area contributed by atoms with Crippen LogP contribution in [0.2, 0.25) is 0 Å². The van der Waals surface area contributed by atoms with Gasteiger partial charge in [0, 0.05) is 61.3 Å². The summed E-state index contributed by atoms with van der Waals surface area (Å²) in [6.45, 7) is 86.3. The maximum Gasteiger partial charge on any atom is 0.163 e. The van der Waals surface area contributed by atoms with E-state index >= 15 is 0 Å². The van der Waals surface area contributed by atoms with Crippen molar-refractivity contribution >= 4 is 87.1 Å². The van der Waals surface area contributed by atoms with Gasteiger partial charge in [-0.05, 0) is 249 Å². The Labute approximate surface area is 652 Å². The van der Waals surface area contributed by atoms with Gasteiger partial charge in [-0.15, -0.1) is 55.5 Å². The van der Waals surface area contributed by atoms with Crippen molar-refractivity contribution in [3.8, 4) is 0 Å². The fraction of sp³-hybridized carbons (Fsp3) is 1.00. The third-order valence-corrected chi connectivity index (χ3v) is 63.1. The lowest BCUT2D eigenvalue weighted by molar-refractivity contribution is -0.147. The highest BCUT2D eigenvalue weighted by molar-refractivity contribution is 7.62. The molecule has 0 bridgehead atoms. The molecule has 0 saturated carbocycles. The van der Waals surface area contributed by atoms with Gasteiger partial charge in [-0.3, -0.25) is 0 Å². The van der Waals surface area contributed by atoms with Crippen molar-refractivity contribution in [2.75, 3.05) is 139 Å². The summed E-state index contributed by atoms with van der Waals surface area (Å²) in [4.78, 5) is 2.46. The van der Waals surface area contributed by atoms with Crippen LogP contribution in [-0.2, 0) is 23.7 Å². The SMILES string of the molecule is CO[C@H]1[C@H](OC)[C@H](C)P(C)[C@H]1C.CP1CCC1(C)C.CP1CCCC1(C)C.CP1CCCCC1(C)C.C[C@H]1CCC[C@H](C)P1C.C[C@H]1CC[C@H](C)P1C.C[C@H]1CN(C)C[C@H](C)P1C.C[C@H]1COC[C@H](C)P1C.C[C@H]1C[C@H](C)P1C.C[C@H]1[C@@H](O)[C@H](O)[C@H](C)P1C.C[C@H]1[C@H]2OC(C)(C)O[C@@H]2[C@H](C)P1C. The molecule has 3 unspecified atom stereocenters. The summed E-state index contributed by atoms with van der Waals surface area (Å²) in [6, 6.07) is 0.